The van der Waals surface area contributed by atoms with Crippen LogP contribution in [0.25, 0.3) is 0 Å². The van der Waals surface area contributed by atoms with E-state index in [-0.39, 0.29) is 37.5 Å². The van der Waals surface area contributed by atoms with Crippen molar-refractivity contribution in [3.63, 3.8) is 0 Å². The molecule has 0 aliphatic carbocycles. The van der Waals surface area contributed by atoms with E-state index >= 15 is 0 Å². The lowest BCUT2D eigenvalue weighted by Crippen LogP contribution is -2.30. The molecule has 0 aromatic rings. The number of hydrogen-bond acceptors (Lipinski definition) is 6. The number of hydrogen-bond donors (Lipinski definition) is 0. The number of carbonyl (C=O) groups is 3. The molecule has 6 nitrogen and oxygen atoms in total. The smallest absolute Gasteiger partial charge is 0.306 e. The fraction of sp³-hybridized carbons (Fsp3) is 0.732. The van der Waals surface area contributed by atoms with Crippen molar-refractivity contribution in [2.24, 2.45) is 0 Å². The van der Waals surface area contributed by atoms with E-state index in [2.05, 4.69) is 93.7 Å². The molecule has 6 heteroatoms. The minimum atomic E-state index is -0.798. The summed E-state index contributed by atoms with van der Waals surface area (Å²) in [7, 11) is 0. The van der Waals surface area contributed by atoms with Crippen molar-refractivity contribution >= 4 is 17.9 Å². The highest BCUT2D eigenvalue weighted by Crippen LogP contribution is 2.14. The van der Waals surface area contributed by atoms with Gasteiger partial charge >= 0.3 is 17.9 Å². The van der Waals surface area contributed by atoms with Gasteiger partial charge in [-0.05, 0) is 89.9 Å². The van der Waals surface area contributed by atoms with Crippen molar-refractivity contribution in [2.45, 2.75) is 252 Å². The van der Waals surface area contributed by atoms with Gasteiger partial charge in [0.25, 0.3) is 0 Å². The van der Waals surface area contributed by atoms with Crippen LogP contribution in [0.5, 0.6) is 0 Å². The predicted molar refractivity (Wildman–Crippen MR) is 265 cm³/mol. The molecular weight excluding hydrogens is 769 g/mol. The molecule has 62 heavy (non-hydrogen) atoms. The van der Waals surface area contributed by atoms with E-state index in [1.54, 1.807) is 0 Å². The molecule has 0 spiro atoms. The van der Waals surface area contributed by atoms with Crippen LogP contribution in [0.1, 0.15) is 245 Å². The summed E-state index contributed by atoms with van der Waals surface area (Å²) >= 11 is 0. The van der Waals surface area contributed by atoms with Crippen LogP contribution in [0.15, 0.2) is 72.9 Å². The Labute approximate surface area is 382 Å². The summed E-state index contributed by atoms with van der Waals surface area (Å²) < 4.78 is 16.8. The van der Waals surface area contributed by atoms with Crippen molar-refractivity contribution < 1.29 is 28.6 Å². The van der Waals surface area contributed by atoms with Crippen molar-refractivity contribution in [3.8, 4) is 0 Å². The second-order valence-corrected chi connectivity index (χ2v) is 17.1. The zero-order valence-electron chi connectivity index (χ0n) is 40.6. The zero-order chi connectivity index (χ0) is 45.1. The van der Waals surface area contributed by atoms with E-state index in [1.807, 2.05) is 0 Å². The first kappa shape index (κ1) is 58.9. The first-order chi connectivity index (χ1) is 30.5. The molecule has 0 aromatic carbocycles. The van der Waals surface area contributed by atoms with Gasteiger partial charge in [0, 0.05) is 19.3 Å². The molecule has 0 aliphatic rings. The number of ether oxygens (including phenoxy) is 3. The van der Waals surface area contributed by atoms with Crippen LogP contribution >= 0.6 is 0 Å². The minimum absolute atomic E-state index is 0.0932. The number of rotatable bonds is 46. The Kier molecular flexibility index (Phi) is 47.9. The highest BCUT2D eigenvalue weighted by molar-refractivity contribution is 5.71. The lowest BCUT2D eigenvalue weighted by Gasteiger charge is -2.18. The molecule has 0 bridgehead atoms. The fourth-order valence-corrected chi connectivity index (χ4v) is 7.05. The molecule has 0 N–H and O–H groups in total. The maximum atomic E-state index is 12.8. The van der Waals surface area contributed by atoms with Crippen LogP contribution in [0.2, 0.25) is 0 Å². The molecule has 0 amide bonds. The van der Waals surface area contributed by atoms with E-state index < -0.39 is 6.10 Å². The van der Waals surface area contributed by atoms with Crippen LogP contribution in [0.3, 0.4) is 0 Å². The van der Waals surface area contributed by atoms with E-state index in [4.69, 9.17) is 14.2 Å². The van der Waals surface area contributed by atoms with Gasteiger partial charge in [0.2, 0.25) is 0 Å². The van der Waals surface area contributed by atoms with E-state index in [0.29, 0.717) is 19.3 Å². The second-order valence-electron chi connectivity index (χ2n) is 17.1. The van der Waals surface area contributed by atoms with E-state index in [0.717, 1.165) is 89.9 Å². The molecule has 0 heterocycles. The maximum absolute atomic E-state index is 12.8. The Bertz CT molecular complexity index is 1180. The average Bonchev–Trinajstić information content (AvgIpc) is 3.27. The summed E-state index contributed by atoms with van der Waals surface area (Å²) in [6, 6.07) is 0. The third-order valence-corrected chi connectivity index (χ3v) is 10.9. The Hall–Kier alpha value is -3.15. The maximum Gasteiger partial charge on any atom is 0.306 e. The van der Waals surface area contributed by atoms with Crippen LogP contribution in [0, 0.1) is 0 Å². The van der Waals surface area contributed by atoms with Gasteiger partial charge in [-0.15, -0.1) is 0 Å². The van der Waals surface area contributed by atoms with Crippen molar-refractivity contribution in [1.82, 2.24) is 0 Å². The second kappa shape index (κ2) is 50.5. The summed E-state index contributed by atoms with van der Waals surface area (Å²) in [5, 5.41) is 0. The summed E-state index contributed by atoms with van der Waals surface area (Å²) in [4.78, 5) is 38.0. The van der Waals surface area contributed by atoms with Gasteiger partial charge in [0.15, 0.2) is 6.10 Å². The first-order valence-electron chi connectivity index (χ1n) is 25.9. The van der Waals surface area contributed by atoms with Gasteiger partial charge in [-0.25, -0.2) is 0 Å². The van der Waals surface area contributed by atoms with E-state index in [9.17, 15) is 14.4 Å². The molecule has 0 aromatic heterocycles. The monoisotopic (exact) mass is 865 g/mol. The van der Waals surface area contributed by atoms with E-state index in [1.165, 1.54) is 109 Å². The third kappa shape index (κ3) is 47.9. The van der Waals surface area contributed by atoms with Crippen LogP contribution in [0.4, 0.5) is 0 Å². The topological polar surface area (TPSA) is 78.9 Å². The Balaban J connectivity index is 4.44. The van der Waals surface area contributed by atoms with Gasteiger partial charge in [-0.1, -0.05) is 209 Å². The van der Waals surface area contributed by atoms with Gasteiger partial charge in [-0.2, -0.15) is 0 Å². The van der Waals surface area contributed by atoms with Crippen LogP contribution < -0.4 is 0 Å². The molecule has 0 aliphatic heterocycles. The number of carbonyl (C=O) groups excluding carboxylic acids is 3. The average molecular weight is 865 g/mol. The molecule has 0 unspecified atom stereocenters. The standard InChI is InChI=1S/C56H96O6/c1-4-7-10-13-16-19-22-25-27-28-30-31-34-37-40-43-46-49-55(58)61-52-53(51-60-54(57)48-45-42-39-36-33-24-21-18-15-12-9-6-3)62-56(59)50-47-44-41-38-35-32-29-26-23-20-17-14-11-8-5-2/h8,11,16-17,19-20,25-27,29,35,38,53H,4-7,9-10,12-15,18,21-24,28,30-34,36-37,39-52H2,1-3H3/b11-8-,19-16-,20-17-,27-25-,29-26-,38-35-/t53-/m1/s1. The molecule has 0 saturated carbocycles. The van der Waals surface area contributed by atoms with Gasteiger partial charge in [0.1, 0.15) is 13.2 Å². The highest BCUT2D eigenvalue weighted by Gasteiger charge is 2.19. The molecule has 1 atom stereocenters. The molecule has 0 saturated heterocycles. The predicted octanol–water partition coefficient (Wildman–Crippen LogP) is 17.0. The van der Waals surface area contributed by atoms with Gasteiger partial charge < -0.3 is 14.2 Å². The number of esters is 3. The molecular formula is C56H96O6. The summed E-state index contributed by atoms with van der Waals surface area (Å²) in [6.45, 7) is 6.46. The number of unbranched alkanes of at least 4 members (excludes halogenated alkanes) is 23. The van der Waals surface area contributed by atoms with Crippen molar-refractivity contribution in [3.05, 3.63) is 72.9 Å². The zero-order valence-corrected chi connectivity index (χ0v) is 40.6. The lowest BCUT2D eigenvalue weighted by molar-refractivity contribution is -0.167. The van der Waals surface area contributed by atoms with Crippen LogP contribution in [-0.4, -0.2) is 37.2 Å². The SMILES string of the molecule is CC/C=C\C/C=C\C/C=C\C/C=C\CCCCC(=O)O[C@@H](COC(=O)CCCCCCCCC/C=C\C/C=C\CCCCC)COC(=O)CCCCCCCCCCCCCC. The molecule has 0 radical (unpaired) electrons. The number of allylic oxidation sites excluding steroid dienone is 12. The van der Waals surface area contributed by atoms with Crippen molar-refractivity contribution in [1.29, 1.82) is 0 Å². The van der Waals surface area contributed by atoms with Crippen LogP contribution in [-0.2, 0) is 28.6 Å². The molecule has 0 fully saturated rings. The molecule has 356 valence electrons. The van der Waals surface area contributed by atoms with Crippen molar-refractivity contribution in [2.75, 3.05) is 13.2 Å². The highest BCUT2D eigenvalue weighted by atomic mass is 16.6. The minimum Gasteiger partial charge on any atom is -0.462 e. The van der Waals surface area contributed by atoms with Gasteiger partial charge in [-0.3, -0.25) is 14.4 Å². The summed E-state index contributed by atoms with van der Waals surface area (Å²) in [6.07, 6.45) is 63.1. The Morgan fingerprint density at radius 2 is 0.629 bits per heavy atom. The summed E-state index contributed by atoms with van der Waals surface area (Å²) in [5.74, 6) is -0.941. The summed E-state index contributed by atoms with van der Waals surface area (Å²) in [5.41, 5.74) is 0. The van der Waals surface area contributed by atoms with Gasteiger partial charge in [0.05, 0.1) is 0 Å². The molecule has 0 rings (SSSR count). The largest absolute Gasteiger partial charge is 0.462 e. The Morgan fingerprint density at radius 3 is 1.05 bits per heavy atom. The Morgan fingerprint density at radius 1 is 0.339 bits per heavy atom. The first-order valence-corrected chi connectivity index (χ1v) is 25.9. The fourth-order valence-electron chi connectivity index (χ4n) is 7.05. The lowest BCUT2D eigenvalue weighted by atomic mass is 10.0. The normalized spacial score (nSPS) is 12.6. The quantitative estimate of drug-likeness (QED) is 0.0262. The third-order valence-electron chi connectivity index (χ3n) is 10.9.